The SMILES string of the molecule is CC1(C)C2CN(C(=O)C3CC4CCCCC4N3)CC21. The van der Waals surface area contributed by atoms with Gasteiger partial charge in [0.15, 0.2) is 0 Å². The summed E-state index contributed by atoms with van der Waals surface area (Å²) in [6.07, 6.45) is 6.42. The summed E-state index contributed by atoms with van der Waals surface area (Å²) in [6, 6.07) is 0.769. The molecule has 1 N–H and O–H groups in total. The van der Waals surface area contributed by atoms with Crippen molar-refractivity contribution in [3.8, 4) is 0 Å². The molecule has 2 aliphatic carbocycles. The predicted molar refractivity (Wildman–Crippen MR) is 74.6 cm³/mol. The molecule has 0 aromatic rings. The van der Waals surface area contributed by atoms with E-state index in [0.717, 1.165) is 37.3 Å². The number of hydrogen-bond donors (Lipinski definition) is 1. The number of hydrogen-bond acceptors (Lipinski definition) is 2. The fourth-order valence-electron chi connectivity index (χ4n) is 5.04. The molecule has 2 saturated heterocycles. The van der Waals surface area contributed by atoms with Crippen LogP contribution in [0.25, 0.3) is 0 Å². The first-order valence-corrected chi connectivity index (χ1v) is 8.12. The minimum absolute atomic E-state index is 0.133. The second-order valence-corrected chi connectivity index (χ2v) is 7.88. The summed E-state index contributed by atoms with van der Waals surface area (Å²) in [4.78, 5) is 14.8. The van der Waals surface area contributed by atoms with Crippen molar-refractivity contribution in [2.75, 3.05) is 13.1 Å². The lowest BCUT2D eigenvalue weighted by atomic mass is 9.85. The van der Waals surface area contributed by atoms with Crippen LogP contribution in [-0.2, 0) is 4.79 Å². The smallest absolute Gasteiger partial charge is 0.239 e. The van der Waals surface area contributed by atoms with Gasteiger partial charge in [-0.2, -0.15) is 0 Å². The van der Waals surface area contributed by atoms with E-state index in [9.17, 15) is 4.79 Å². The van der Waals surface area contributed by atoms with Crippen LogP contribution in [-0.4, -0.2) is 36.0 Å². The minimum Gasteiger partial charge on any atom is -0.341 e. The number of carbonyl (C=O) groups is 1. The highest BCUT2D eigenvalue weighted by molar-refractivity contribution is 5.83. The Morgan fingerprint density at radius 2 is 1.84 bits per heavy atom. The van der Waals surface area contributed by atoms with E-state index in [-0.39, 0.29) is 6.04 Å². The van der Waals surface area contributed by atoms with Gasteiger partial charge in [-0.1, -0.05) is 26.7 Å². The van der Waals surface area contributed by atoms with E-state index in [1.54, 1.807) is 0 Å². The number of nitrogens with zero attached hydrogens (tertiary/aromatic N) is 1. The molecule has 3 nitrogen and oxygen atoms in total. The van der Waals surface area contributed by atoms with E-state index < -0.39 is 0 Å². The molecule has 4 rings (SSSR count). The van der Waals surface area contributed by atoms with Gasteiger partial charge < -0.3 is 10.2 Å². The first-order valence-electron chi connectivity index (χ1n) is 8.12. The molecule has 0 aromatic carbocycles. The van der Waals surface area contributed by atoms with Crippen molar-refractivity contribution in [2.24, 2.45) is 23.2 Å². The van der Waals surface area contributed by atoms with Crippen molar-refractivity contribution in [1.82, 2.24) is 10.2 Å². The van der Waals surface area contributed by atoms with Gasteiger partial charge >= 0.3 is 0 Å². The molecule has 0 spiro atoms. The fraction of sp³-hybridized carbons (Fsp3) is 0.938. The van der Waals surface area contributed by atoms with E-state index >= 15 is 0 Å². The molecule has 4 aliphatic rings. The number of likely N-dealkylation sites (tertiary alicyclic amines) is 1. The van der Waals surface area contributed by atoms with E-state index in [2.05, 4.69) is 24.1 Å². The summed E-state index contributed by atoms with van der Waals surface area (Å²) >= 11 is 0. The molecule has 0 radical (unpaired) electrons. The summed E-state index contributed by atoms with van der Waals surface area (Å²) in [5.74, 6) is 2.73. The number of amides is 1. The number of piperidine rings is 1. The highest BCUT2D eigenvalue weighted by Crippen LogP contribution is 2.62. The average molecular weight is 262 g/mol. The lowest BCUT2D eigenvalue weighted by Gasteiger charge is -2.25. The second-order valence-electron chi connectivity index (χ2n) is 7.88. The van der Waals surface area contributed by atoms with E-state index in [0.29, 0.717) is 17.4 Å². The molecule has 5 unspecified atom stereocenters. The van der Waals surface area contributed by atoms with Crippen LogP contribution in [0.2, 0.25) is 0 Å². The van der Waals surface area contributed by atoms with Crippen molar-refractivity contribution >= 4 is 5.91 Å². The van der Waals surface area contributed by atoms with Crippen LogP contribution in [0.5, 0.6) is 0 Å². The third-order valence-electron chi connectivity index (χ3n) is 6.59. The Bertz CT molecular complexity index is 378. The number of nitrogens with one attached hydrogen (secondary N) is 1. The van der Waals surface area contributed by atoms with Crippen molar-refractivity contribution in [3.05, 3.63) is 0 Å². The molecule has 0 aromatic heterocycles. The van der Waals surface area contributed by atoms with Crippen molar-refractivity contribution < 1.29 is 4.79 Å². The van der Waals surface area contributed by atoms with Crippen LogP contribution >= 0.6 is 0 Å². The first kappa shape index (κ1) is 12.2. The van der Waals surface area contributed by atoms with Crippen LogP contribution < -0.4 is 5.32 Å². The van der Waals surface area contributed by atoms with Crippen molar-refractivity contribution in [3.63, 3.8) is 0 Å². The molecule has 5 atom stereocenters. The molecule has 0 bridgehead atoms. The molecular formula is C16H26N2O. The highest BCUT2D eigenvalue weighted by Gasteiger charge is 2.63. The van der Waals surface area contributed by atoms with Gasteiger partial charge in [0.25, 0.3) is 0 Å². The summed E-state index contributed by atoms with van der Waals surface area (Å²) < 4.78 is 0. The molecule has 4 fully saturated rings. The molecule has 106 valence electrons. The Morgan fingerprint density at radius 1 is 1.16 bits per heavy atom. The van der Waals surface area contributed by atoms with E-state index in [1.165, 1.54) is 25.7 Å². The van der Waals surface area contributed by atoms with Gasteiger partial charge in [0.05, 0.1) is 6.04 Å². The van der Waals surface area contributed by atoms with E-state index in [1.807, 2.05) is 0 Å². The lowest BCUT2D eigenvalue weighted by molar-refractivity contribution is -0.133. The maximum atomic E-state index is 12.6. The zero-order valence-electron chi connectivity index (χ0n) is 12.2. The van der Waals surface area contributed by atoms with Crippen LogP contribution in [0, 0.1) is 23.2 Å². The Kier molecular flexibility index (Phi) is 2.55. The normalized spacial score (nSPS) is 46.8. The molecule has 2 aliphatic heterocycles. The van der Waals surface area contributed by atoms with Gasteiger partial charge in [-0.25, -0.2) is 0 Å². The summed E-state index contributed by atoms with van der Waals surface area (Å²) in [7, 11) is 0. The summed E-state index contributed by atoms with van der Waals surface area (Å²) in [5, 5.41) is 3.63. The van der Waals surface area contributed by atoms with Crippen LogP contribution in [0.3, 0.4) is 0 Å². The molecule has 3 heteroatoms. The van der Waals surface area contributed by atoms with Gasteiger partial charge in [0, 0.05) is 19.1 Å². The maximum absolute atomic E-state index is 12.6. The Balaban J connectivity index is 1.38. The summed E-state index contributed by atoms with van der Waals surface area (Å²) in [6.45, 7) is 6.74. The van der Waals surface area contributed by atoms with Gasteiger partial charge in [0.1, 0.15) is 0 Å². The van der Waals surface area contributed by atoms with Gasteiger partial charge in [-0.15, -0.1) is 0 Å². The predicted octanol–water partition coefficient (Wildman–Crippen LogP) is 2.02. The van der Waals surface area contributed by atoms with E-state index in [4.69, 9.17) is 0 Å². The molecular weight excluding hydrogens is 236 g/mol. The minimum atomic E-state index is 0.133. The largest absolute Gasteiger partial charge is 0.341 e. The van der Waals surface area contributed by atoms with Crippen molar-refractivity contribution in [1.29, 1.82) is 0 Å². The number of carbonyl (C=O) groups excluding carboxylic acids is 1. The zero-order valence-corrected chi connectivity index (χ0v) is 12.2. The maximum Gasteiger partial charge on any atom is 0.239 e. The molecule has 2 heterocycles. The van der Waals surface area contributed by atoms with Gasteiger partial charge in [-0.3, -0.25) is 4.79 Å². The zero-order chi connectivity index (χ0) is 13.2. The summed E-state index contributed by atoms with van der Waals surface area (Å²) in [5.41, 5.74) is 0.508. The lowest BCUT2D eigenvalue weighted by Crippen LogP contribution is -2.45. The van der Waals surface area contributed by atoms with Crippen LogP contribution in [0.4, 0.5) is 0 Å². The Morgan fingerprint density at radius 3 is 2.53 bits per heavy atom. The third kappa shape index (κ3) is 1.77. The number of fused-ring (bicyclic) bond motifs is 2. The standard InChI is InChI=1S/C16H26N2O/c1-16(2)11-8-18(9-12(11)16)15(19)14-7-10-5-3-4-6-13(10)17-14/h10-14,17H,3-9H2,1-2H3. The molecule has 19 heavy (non-hydrogen) atoms. The van der Waals surface area contributed by atoms with Gasteiger partial charge in [0.2, 0.25) is 5.91 Å². The second kappa shape index (κ2) is 3.97. The number of rotatable bonds is 1. The third-order valence-corrected chi connectivity index (χ3v) is 6.59. The first-order chi connectivity index (χ1) is 9.07. The average Bonchev–Trinajstić information content (AvgIpc) is 2.89. The van der Waals surface area contributed by atoms with Crippen LogP contribution in [0.15, 0.2) is 0 Å². The fourth-order valence-corrected chi connectivity index (χ4v) is 5.04. The Labute approximate surface area is 116 Å². The molecule has 1 amide bonds. The Hall–Kier alpha value is -0.570. The highest BCUT2D eigenvalue weighted by atomic mass is 16.2. The van der Waals surface area contributed by atoms with Gasteiger partial charge in [-0.05, 0) is 42.4 Å². The van der Waals surface area contributed by atoms with Crippen molar-refractivity contribution in [2.45, 2.75) is 58.0 Å². The van der Waals surface area contributed by atoms with Crippen LogP contribution in [0.1, 0.15) is 46.0 Å². The quantitative estimate of drug-likeness (QED) is 0.784. The molecule has 2 saturated carbocycles. The monoisotopic (exact) mass is 262 g/mol. The topological polar surface area (TPSA) is 32.3 Å².